The lowest BCUT2D eigenvalue weighted by atomic mass is 9.83. The Morgan fingerprint density at radius 1 is 0.233 bits per heavy atom. The Morgan fingerprint density at radius 3 is 0.483 bits per heavy atom. The zero-order chi connectivity index (χ0) is 44.4. The van der Waals surface area contributed by atoms with Gasteiger partial charge < -0.3 is 28.4 Å². The van der Waals surface area contributed by atoms with Crippen LogP contribution in [0.25, 0.3) is 0 Å². The first-order valence-electron chi connectivity index (χ1n) is 24.2. The molecule has 12 heteroatoms. The van der Waals surface area contributed by atoms with Crippen molar-refractivity contribution in [3.05, 3.63) is 0 Å². The molecule has 0 unspecified atom stereocenters. The Bertz CT molecular complexity index is 943. The SMILES string of the molecule is CCCCCCC(=O)OC1C(OC(=O)CCCCCC)C(OC(=O)CCCCCC)C(OC(=O)CCCCCC)C(OC(=O)CCCCCC)C1OC(=O)CCCCCC. The van der Waals surface area contributed by atoms with Gasteiger partial charge in [-0.25, -0.2) is 0 Å². The van der Waals surface area contributed by atoms with Crippen molar-refractivity contribution >= 4 is 35.8 Å². The monoisotopic (exact) mass is 853 g/mol. The van der Waals surface area contributed by atoms with E-state index in [9.17, 15) is 28.8 Å². The maximum Gasteiger partial charge on any atom is 0.306 e. The van der Waals surface area contributed by atoms with Crippen LogP contribution in [0.15, 0.2) is 0 Å². The van der Waals surface area contributed by atoms with Gasteiger partial charge in [-0.1, -0.05) is 157 Å². The predicted molar refractivity (Wildman–Crippen MR) is 232 cm³/mol. The van der Waals surface area contributed by atoms with Crippen LogP contribution in [0.1, 0.15) is 234 Å². The third-order valence-corrected chi connectivity index (χ3v) is 11.0. The van der Waals surface area contributed by atoms with Gasteiger partial charge >= 0.3 is 35.8 Å². The highest BCUT2D eigenvalue weighted by Crippen LogP contribution is 2.36. The summed E-state index contributed by atoms with van der Waals surface area (Å²) in [5.74, 6) is -3.81. The molecule has 1 saturated carbocycles. The van der Waals surface area contributed by atoms with Gasteiger partial charge in [0.15, 0.2) is 36.6 Å². The van der Waals surface area contributed by atoms with E-state index in [1.54, 1.807) is 0 Å². The molecule has 348 valence electrons. The molecule has 1 fully saturated rings. The number of ether oxygens (including phenoxy) is 6. The zero-order valence-corrected chi connectivity index (χ0v) is 38.6. The van der Waals surface area contributed by atoms with E-state index in [0.717, 1.165) is 116 Å². The summed E-state index contributed by atoms with van der Waals surface area (Å²) in [7, 11) is 0. The van der Waals surface area contributed by atoms with E-state index < -0.39 is 72.4 Å². The average Bonchev–Trinajstić information content (AvgIpc) is 3.22. The van der Waals surface area contributed by atoms with E-state index in [0.29, 0.717) is 38.5 Å². The summed E-state index contributed by atoms with van der Waals surface area (Å²) in [6.45, 7) is 12.4. The largest absolute Gasteiger partial charge is 0.454 e. The van der Waals surface area contributed by atoms with Crippen molar-refractivity contribution in [2.24, 2.45) is 0 Å². The van der Waals surface area contributed by atoms with Gasteiger partial charge in [0.25, 0.3) is 0 Å². The number of hydrogen-bond acceptors (Lipinski definition) is 12. The summed E-state index contributed by atoms with van der Waals surface area (Å²) in [6, 6.07) is 0. The molecule has 0 atom stereocenters. The van der Waals surface area contributed by atoms with E-state index in [4.69, 9.17) is 28.4 Å². The molecule has 1 aliphatic rings. The molecule has 1 aliphatic carbocycles. The molecule has 0 bridgehead atoms. The van der Waals surface area contributed by atoms with Crippen LogP contribution < -0.4 is 0 Å². The van der Waals surface area contributed by atoms with Crippen molar-refractivity contribution in [1.29, 1.82) is 0 Å². The van der Waals surface area contributed by atoms with Crippen LogP contribution in [0.3, 0.4) is 0 Å². The second-order valence-electron chi connectivity index (χ2n) is 16.6. The molecule has 0 aromatic carbocycles. The van der Waals surface area contributed by atoms with Gasteiger partial charge in [0.1, 0.15) is 0 Å². The lowest BCUT2D eigenvalue weighted by molar-refractivity contribution is -0.262. The number of carbonyl (C=O) groups excluding carboxylic acids is 6. The summed E-state index contributed by atoms with van der Waals surface area (Å²) in [6.07, 6.45) is 10.2. The van der Waals surface area contributed by atoms with Crippen molar-refractivity contribution in [2.75, 3.05) is 0 Å². The number of esters is 6. The molecule has 0 spiro atoms. The maximum absolute atomic E-state index is 13.7. The summed E-state index contributed by atoms with van der Waals surface area (Å²) in [5, 5.41) is 0. The van der Waals surface area contributed by atoms with Gasteiger partial charge in [0.2, 0.25) is 0 Å². The molecule has 0 aliphatic heterocycles. The first-order valence-corrected chi connectivity index (χ1v) is 24.2. The van der Waals surface area contributed by atoms with Crippen molar-refractivity contribution in [1.82, 2.24) is 0 Å². The summed E-state index contributed by atoms with van der Waals surface area (Å²) in [4.78, 5) is 82.3. The molecule has 0 heterocycles. The van der Waals surface area contributed by atoms with E-state index in [2.05, 4.69) is 41.5 Å². The number of carbonyl (C=O) groups is 6. The maximum atomic E-state index is 13.7. The fourth-order valence-corrected chi connectivity index (χ4v) is 7.37. The van der Waals surface area contributed by atoms with Crippen LogP contribution in [0.2, 0.25) is 0 Å². The molecule has 0 aromatic heterocycles. The van der Waals surface area contributed by atoms with Crippen LogP contribution >= 0.6 is 0 Å². The Morgan fingerprint density at radius 2 is 0.367 bits per heavy atom. The van der Waals surface area contributed by atoms with E-state index in [-0.39, 0.29) is 38.5 Å². The minimum absolute atomic E-state index is 0.0335. The van der Waals surface area contributed by atoms with Crippen LogP contribution in [0, 0.1) is 0 Å². The van der Waals surface area contributed by atoms with Crippen LogP contribution in [0.4, 0.5) is 0 Å². The molecule has 0 N–H and O–H groups in total. The van der Waals surface area contributed by atoms with Crippen molar-refractivity contribution < 1.29 is 57.2 Å². The normalized spacial score (nSPS) is 19.9. The minimum atomic E-state index is -1.54. The molecule has 60 heavy (non-hydrogen) atoms. The highest BCUT2D eigenvalue weighted by molar-refractivity contribution is 5.74. The second kappa shape index (κ2) is 35.4. The predicted octanol–water partition coefficient (Wildman–Crippen LogP) is 11.3. The van der Waals surface area contributed by atoms with Gasteiger partial charge in [0, 0.05) is 38.5 Å². The fraction of sp³-hybridized carbons (Fsp3) is 0.875. The quantitative estimate of drug-likeness (QED) is 0.0334. The molecular formula is C48H84O12. The van der Waals surface area contributed by atoms with Gasteiger partial charge in [-0.2, -0.15) is 0 Å². The van der Waals surface area contributed by atoms with E-state index >= 15 is 0 Å². The zero-order valence-electron chi connectivity index (χ0n) is 38.6. The van der Waals surface area contributed by atoms with Gasteiger partial charge in [-0.15, -0.1) is 0 Å². The van der Waals surface area contributed by atoms with Crippen molar-refractivity contribution in [3.8, 4) is 0 Å². The lowest BCUT2D eigenvalue weighted by Gasteiger charge is -2.47. The smallest absolute Gasteiger partial charge is 0.306 e. The first-order chi connectivity index (χ1) is 29.1. The Kier molecular flexibility index (Phi) is 32.4. The standard InChI is InChI=1S/C48H84O12/c1-7-13-19-25-31-37(49)55-43-44(56-38(50)32-26-20-14-8-2)46(58-40(52)34-28-22-16-10-4)48(60-42(54)36-30-24-18-12-6)47(59-41(53)35-29-23-17-11-5)45(43)57-39(51)33-27-21-15-9-3/h43-48H,7-36H2,1-6H3. The lowest BCUT2D eigenvalue weighted by Crippen LogP contribution is -2.69. The third-order valence-electron chi connectivity index (χ3n) is 11.0. The van der Waals surface area contributed by atoms with Crippen LogP contribution in [0.5, 0.6) is 0 Å². The Hall–Kier alpha value is -3.18. The van der Waals surface area contributed by atoms with Gasteiger partial charge in [-0.05, 0) is 38.5 Å². The summed E-state index contributed by atoms with van der Waals surface area (Å²) >= 11 is 0. The highest BCUT2D eigenvalue weighted by atomic mass is 16.7. The van der Waals surface area contributed by atoms with Crippen LogP contribution in [-0.2, 0) is 57.2 Å². The van der Waals surface area contributed by atoms with Crippen molar-refractivity contribution in [2.45, 2.75) is 271 Å². The topological polar surface area (TPSA) is 158 Å². The molecular weight excluding hydrogens is 769 g/mol. The Labute approximate surface area is 363 Å². The molecule has 0 amide bonds. The molecule has 1 rings (SSSR count). The summed E-state index contributed by atoms with van der Waals surface area (Å²) < 4.78 is 37.0. The highest BCUT2D eigenvalue weighted by Gasteiger charge is 2.61. The van der Waals surface area contributed by atoms with E-state index in [1.807, 2.05) is 0 Å². The Balaban J connectivity index is 3.97. The first kappa shape index (κ1) is 54.8. The van der Waals surface area contributed by atoms with Gasteiger partial charge in [-0.3, -0.25) is 28.8 Å². The average molecular weight is 853 g/mol. The molecule has 0 saturated heterocycles. The van der Waals surface area contributed by atoms with Crippen molar-refractivity contribution in [3.63, 3.8) is 0 Å². The molecule has 0 aromatic rings. The van der Waals surface area contributed by atoms with Crippen LogP contribution in [-0.4, -0.2) is 72.4 Å². The summed E-state index contributed by atoms with van der Waals surface area (Å²) in [5.41, 5.74) is 0. The number of hydrogen-bond donors (Lipinski definition) is 0. The number of rotatable bonds is 36. The molecule has 12 nitrogen and oxygen atoms in total. The van der Waals surface area contributed by atoms with E-state index in [1.165, 1.54) is 0 Å². The molecule has 0 radical (unpaired) electrons. The fourth-order valence-electron chi connectivity index (χ4n) is 7.37. The van der Waals surface area contributed by atoms with Gasteiger partial charge in [0.05, 0.1) is 0 Å². The third kappa shape index (κ3) is 24.3. The minimum Gasteiger partial charge on any atom is -0.454 e. The number of unbranched alkanes of at least 4 members (excludes halogenated alkanes) is 18. The second-order valence-corrected chi connectivity index (χ2v) is 16.6.